The van der Waals surface area contributed by atoms with Crippen molar-refractivity contribution in [1.82, 2.24) is 10.6 Å². The van der Waals surface area contributed by atoms with Crippen LogP contribution < -0.4 is 10.6 Å². The normalized spacial score (nSPS) is 12.9. The molecule has 0 aliphatic rings. The first-order valence-electron chi connectivity index (χ1n) is 9.28. The molecule has 9 heteroatoms. The molecule has 0 aromatic heterocycles. The van der Waals surface area contributed by atoms with E-state index < -0.39 is 31.2 Å². The van der Waals surface area contributed by atoms with E-state index in [1.54, 1.807) is 34.6 Å². The maximum Gasteiger partial charge on any atom is 0.408 e. The molecular formula is C19H31N2O6P. The molecule has 0 saturated carbocycles. The zero-order chi connectivity index (χ0) is 21.2. The average molecular weight is 414 g/mol. The van der Waals surface area contributed by atoms with Gasteiger partial charge in [-0.2, -0.15) is 0 Å². The Labute approximate surface area is 166 Å². The van der Waals surface area contributed by atoms with Crippen molar-refractivity contribution >= 4 is 19.6 Å². The molecule has 0 radical (unpaired) electrons. The molecule has 0 spiro atoms. The van der Waals surface area contributed by atoms with Gasteiger partial charge in [0.05, 0.1) is 13.2 Å². The highest BCUT2D eigenvalue weighted by Gasteiger charge is 2.29. The van der Waals surface area contributed by atoms with E-state index in [4.69, 9.17) is 13.8 Å². The number of ether oxygens (including phenoxy) is 1. The van der Waals surface area contributed by atoms with Crippen LogP contribution in [-0.4, -0.2) is 43.1 Å². The van der Waals surface area contributed by atoms with Crippen LogP contribution in [0.3, 0.4) is 0 Å². The maximum absolute atomic E-state index is 12.7. The lowest BCUT2D eigenvalue weighted by atomic mass is 10.1. The van der Waals surface area contributed by atoms with E-state index in [0.29, 0.717) is 0 Å². The molecule has 0 bridgehead atoms. The number of rotatable bonds is 10. The minimum atomic E-state index is -3.44. The minimum absolute atomic E-state index is 0.191. The number of alkyl carbamates (subject to hydrolysis) is 1. The fourth-order valence-corrected chi connectivity index (χ4v) is 3.72. The summed E-state index contributed by atoms with van der Waals surface area (Å²) >= 11 is 0. The standard InChI is InChI=1S/C19H31N2O6P/c1-6-25-28(24,26-7-2)14-20-17(22)16(13-15-11-9-8-10-12-15)21-18(23)27-19(3,4)5/h8-12,16H,6-7,13-14H2,1-5H3,(H,20,22)(H,21,23). The minimum Gasteiger partial charge on any atom is -0.444 e. The lowest BCUT2D eigenvalue weighted by Crippen LogP contribution is -2.49. The number of carbonyl (C=O) groups excluding carboxylic acids is 2. The summed E-state index contributed by atoms with van der Waals surface area (Å²) in [5, 5.41) is 5.14. The first kappa shape index (κ1) is 24.1. The lowest BCUT2D eigenvalue weighted by Gasteiger charge is -2.24. The van der Waals surface area contributed by atoms with Crippen LogP contribution in [0.25, 0.3) is 0 Å². The Morgan fingerprint density at radius 2 is 1.64 bits per heavy atom. The number of hydrogen-bond donors (Lipinski definition) is 2. The van der Waals surface area contributed by atoms with Gasteiger partial charge in [0, 0.05) is 6.42 Å². The molecule has 0 aliphatic heterocycles. The molecule has 0 heterocycles. The largest absolute Gasteiger partial charge is 0.444 e. The Bertz CT molecular complexity index is 665. The molecule has 8 nitrogen and oxygen atoms in total. The number of carbonyl (C=O) groups is 2. The van der Waals surface area contributed by atoms with E-state index in [1.807, 2.05) is 30.3 Å². The summed E-state index contributed by atoms with van der Waals surface area (Å²) < 4.78 is 28.1. The highest BCUT2D eigenvalue weighted by Crippen LogP contribution is 2.46. The second-order valence-electron chi connectivity index (χ2n) is 7.03. The molecule has 1 rings (SSSR count). The molecule has 0 saturated heterocycles. The van der Waals surface area contributed by atoms with Crippen molar-refractivity contribution in [2.45, 2.75) is 52.7 Å². The van der Waals surface area contributed by atoms with Crippen molar-refractivity contribution in [1.29, 1.82) is 0 Å². The van der Waals surface area contributed by atoms with Gasteiger partial charge < -0.3 is 24.4 Å². The molecule has 1 atom stereocenters. The van der Waals surface area contributed by atoms with E-state index in [0.717, 1.165) is 5.56 Å². The smallest absolute Gasteiger partial charge is 0.408 e. The zero-order valence-electron chi connectivity index (χ0n) is 17.2. The first-order valence-corrected chi connectivity index (χ1v) is 11.0. The number of benzene rings is 1. The predicted octanol–water partition coefficient (Wildman–Crippen LogP) is 3.46. The summed E-state index contributed by atoms with van der Waals surface area (Å²) in [4.78, 5) is 24.8. The van der Waals surface area contributed by atoms with Gasteiger partial charge in [-0.25, -0.2) is 4.79 Å². The van der Waals surface area contributed by atoms with Crippen molar-refractivity contribution in [2.75, 3.05) is 19.5 Å². The lowest BCUT2D eigenvalue weighted by molar-refractivity contribution is -0.123. The maximum atomic E-state index is 12.7. The van der Waals surface area contributed by atoms with Crippen molar-refractivity contribution in [3.05, 3.63) is 35.9 Å². The SMILES string of the molecule is CCOP(=O)(CNC(=O)C(Cc1ccccc1)NC(=O)OC(C)(C)C)OCC. The van der Waals surface area contributed by atoms with Crippen molar-refractivity contribution in [3.63, 3.8) is 0 Å². The van der Waals surface area contributed by atoms with Crippen LogP contribution in [0.2, 0.25) is 0 Å². The predicted molar refractivity (Wildman–Crippen MR) is 107 cm³/mol. The Hall–Kier alpha value is -1.89. The van der Waals surface area contributed by atoms with Crippen LogP contribution >= 0.6 is 7.60 Å². The van der Waals surface area contributed by atoms with Gasteiger partial charge in [0.25, 0.3) is 0 Å². The first-order chi connectivity index (χ1) is 13.1. The Morgan fingerprint density at radius 3 is 2.14 bits per heavy atom. The third-order valence-electron chi connectivity index (χ3n) is 3.39. The molecule has 0 fully saturated rings. The summed E-state index contributed by atoms with van der Waals surface area (Å²) in [7, 11) is -3.44. The van der Waals surface area contributed by atoms with Crippen molar-refractivity contribution in [3.8, 4) is 0 Å². The summed E-state index contributed by atoms with van der Waals surface area (Å²) in [6.45, 7) is 8.97. The van der Waals surface area contributed by atoms with Crippen LogP contribution in [-0.2, 0) is 29.6 Å². The van der Waals surface area contributed by atoms with Gasteiger partial charge in [-0.3, -0.25) is 9.36 Å². The Morgan fingerprint density at radius 1 is 1.07 bits per heavy atom. The van der Waals surface area contributed by atoms with Crippen LogP contribution in [0.1, 0.15) is 40.2 Å². The topological polar surface area (TPSA) is 103 Å². The average Bonchev–Trinajstić information content (AvgIpc) is 2.59. The second-order valence-corrected chi connectivity index (χ2v) is 9.09. The van der Waals surface area contributed by atoms with E-state index >= 15 is 0 Å². The van der Waals surface area contributed by atoms with Crippen molar-refractivity contribution < 1.29 is 27.9 Å². The molecule has 1 aromatic rings. The van der Waals surface area contributed by atoms with Gasteiger partial charge in [0.1, 0.15) is 17.9 Å². The zero-order valence-corrected chi connectivity index (χ0v) is 18.1. The Kier molecular flexibility index (Phi) is 9.65. The third-order valence-corrected chi connectivity index (χ3v) is 5.24. The molecule has 1 unspecified atom stereocenters. The molecule has 2 N–H and O–H groups in total. The van der Waals surface area contributed by atoms with Gasteiger partial charge in [-0.1, -0.05) is 30.3 Å². The summed E-state index contributed by atoms with van der Waals surface area (Å²) in [5.74, 6) is -0.505. The van der Waals surface area contributed by atoms with Gasteiger partial charge in [0.15, 0.2) is 0 Å². The number of amides is 2. The van der Waals surface area contributed by atoms with E-state index in [-0.39, 0.29) is 25.9 Å². The van der Waals surface area contributed by atoms with Gasteiger partial charge >= 0.3 is 13.7 Å². The van der Waals surface area contributed by atoms with Gasteiger partial charge in [0.2, 0.25) is 5.91 Å². The van der Waals surface area contributed by atoms with Gasteiger partial charge in [-0.15, -0.1) is 0 Å². The van der Waals surface area contributed by atoms with E-state index in [2.05, 4.69) is 10.6 Å². The molecular weight excluding hydrogens is 383 g/mol. The van der Waals surface area contributed by atoms with Crippen LogP contribution in [0.15, 0.2) is 30.3 Å². The Balaban J connectivity index is 2.85. The summed E-state index contributed by atoms with van der Waals surface area (Å²) in [6, 6.07) is 8.34. The van der Waals surface area contributed by atoms with Crippen molar-refractivity contribution in [2.24, 2.45) is 0 Å². The molecule has 0 aliphatic carbocycles. The fraction of sp³-hybridized carbons (Fsp3) is 0.579. The van der Waals surface area contributed by atoms with Crippen LogP contribution in [0.5, 0.6) is 0 Å². The molecule has 28 heavy (non-hydrogen) atoms. The highest BCUT2D eigenvalue weighted by atomic mass is 31.2. The number of hydrogen-bond acceptors (Lipinski definition) is 6. The highest BCUT2D eigenvalue weighted by molar-refractivity contribution is 7.53. The quantitative estimate of drug-likeness (QED) is 0.569. The summed E-state index contributed by atoms with van der Waals surface area (Å²) in [5.41, 5.74) is 0.161. The monoisotopic (exact) mass is 414 g/mol. The van der Waals surface area contributed by atoms with E-state index in [1.165, 1.54) is 0 Å². The third kappa shape index (κ3) is 9.35. The molecule has 158 valence electrons. The number of nitrogens with one attached hydrogen (secondary N) is 2. The second kappa shape index (κ2) is 11.2. The fourth-order valence-electron chi connectivity index (χ4n) is 2.33. The summed E-state index contributed by atoms with van der Waals surface area (Å²) in [6.07, 6.45) is -0.740. The molecule has 2 amide bonds. The van der Waals surface area contributed by atoms with Crippen LogP contribution in [0, 0.1) is 0 Å². The molecule has 1 aromatic carbocycles. The van der Waals surface area contributed by atoms with Crippen LogP contribution in [0.4, 0.5) is 4.79 Å². The van der Waals surface area contributed by atoms with E-state index in [9.17, 15) is 14.2 Å². The van der Waals surface area contributed by atoms with Gasteiger partial charge in [-0.05, 0) is 40.2 Å².